The molecule has 0 fully saturated rings. The van der Waals surface area contributed by atoms with Gasteiger partial charge in [-0.15, -0.1) is 0 Å². The topological polar surface area (TPSA) is 65.6 Å². The summed E-state index contributed by atoms with van der Waals surface area (Å²) in [6, 6.07) is 3.73. The second-order valence-corrected chi connectivity index (χ2v) is 17.5. The van der Waals surface area contributed by atoms with Crippen LogP contribution in [0.5, 0.6) is 0 Å². The summed E-state index contributed by atoms with van der Waals surface area (Å²) in [6.45, 7) is 29.9. The van der Waals surface area contributed by atoms with Gasteiger partial charge < -0.3 is 9.13 Å². The predicted molar refractivity (Wildman–Crippen MR) is 164 cm³/mol. The first-order valence-corrected chi connectivity index (χ1v) is 16.6. The molecule has 1 aromatic carbocycles. The monoisotopic (exact) mass is 619 g/mol. The van der Waals surface area contributed by atoms with Gasteiger partial charge in [-0.25, -0.2) is 4.74 Å². The summed E-state index contributed by atoms with van der Waals surface area (Å²) in [6.07, 6.45) is 0. The Morgan fingerprint density at radius 1 is 0.756 bits per heavy atom. The van der Waals surface area contributed by atoms with Crippen molar-refractivity contribution >= 4 is 23.4 Å². The number of rotatable bonds is 5. The van der Waals surface area contributed by atoms with Crippen molar-refractivity contribution in [2.24, 2.45) is 4.74 Å². The average Bonchev–Trinajstić information content (AvgIpc) is 3.01. The van der Waals surface area contributed by atoms with Gasteiger partial charge in [0, 0.05) is 23.5 Å². The van der Waals surface area contributed by atoms with Crippen LogP contribution in [0.1, 0.15) is 130 Å². The van der Waals surface area contributed by atoms with Crippen molar-refractivity contribution in [3.63, 3.8) is 0 Å². The van der Waals surface area contributed by atoms with Crippen LogP contribution in [0.15, 0.2) is 16.9 Å². The van der Waals surface area contributed by atoms with Gasteiger partial charge in [-0.2, -0.15) is 25.6 Å². The van der Waals surface area contributed by atoms with Crippen LogP contribution >= 0.6 is 7.56 Å². The molecule has 1 aromatic heterocycles. The molecule has 0 radical (unpaired) electrons. The normalized spacial score (nSPS) is 14.5. The van der Waals surface area contributed by atoms with Crippen molar-refractivity contribution < 1.29 is 25.6 Å². The Hall–Kier alpha value is -1.77. The van der Waals surface area contributed by atoms with E-state index in [-0.39, 0.29) is 17.5 Å². The minimum absolute atomic E-state index is 0.187. The number of hydrogen-bond acceptors (Lipinski definition) is 4. The highest BCUT2D eigenvalue weighted by Crippen LogP contribution is 2.47. The van der Waals surface area contributed by atoms with E-state index in [1.807, 2.05) is 104 Å². The summed E-state index contributed by atoms with van der Waals surface area (Å²) in [5.74, 6) is 0. The zero-order valence-corrected chi connectivity index (χ0v) is 29.1. The lowest BCUT2D eigenvalue weighted by Crippen LogP contribution is -2.23. The minimum Gasteiger partial charge on any atom is -0.321 e. The molecule has 234 valence electrons. The summed E-state index contributed by atoms with van der Waals surface area (Å²) < 4.78 is 80.5. The van der Waals surface area contributed by atoms with E-state index in [0.717, 1.165) is 28.1 Å². The molecule has 0 saturated heterocycles. The largest absolute Gasteiger partial charge is 0.523 e. The van der Waals surface area contributed by atoms with Gasteiger partial charge in [0.25, 0.3) is 0 Å². The predicted octanol–water partition coefficient (Wildman–Crippen LogP) is 10.3. The number of nitrogens with zero attached hydrogens (tertiary/aromatic N) is 3. The van der Waals surface area contributed by atoms with Crippen LogP contribution in [-0.2, 0) is 30.3 Å². The first-order chi connectivity index (χ1) is 18.1. The molecule has 0 N–H and O–H groups in total. The van der Waals surface area contributed by atoms with E-state index in [1.165, 1.54) is 0 Å². The standard InChI is InChI=1S/C30H49F3N3O3PS/c1-18(2)35-20(5)21(6)36(19(3)4)26(35)40(39-41(37,38)30(31,32)33)34-25-23(28(10,11)12)16-22(27(7,8)9)17-24(25)29(13,14)15/h16-19H,1-15H3. The molecule has 41 heavy (non-hydrogen) atoms. The fourth-order valence-corrected chi connectivity index (χ4v) is 7.92. The highest BCUT2D eigenvalue weighted by atomic mass is 32.2. The maximum atomic E-state index is 13.8. The van der Waals surface area contributed by atoms with Gasteiger partial charge in [0.1, 0.15) is 0 Å². The van der Waals surface area contributed by atoms with Gasteiger partial charge in [0.15, 0.2) is 12.8 Å². The van der Waals surface area contributed by atoms with Gasteiger partial charge in [-0.3, -0.25) is 0 Å². The molecular weight excluding hydrogens is 570 g/mol. The molecule has 11 heteroatoms. The molecule has 0 amide bonds. The summed E-state index contributed by atoms with van der Waals surface area (Å²) in [5.41, 5.74) is -1.90. The zero-order chi connectivity index (χ0) is 32.3. The van der Waals surface area contributed by atoms with Crippen LogP contribution in [0.4, 0.5) is 18.9 Å². The van der Waals surface area contributed by atoms with Crippen molar-refractivity contribution in [1.82, 2.24) is 9.13 Å². The molecule has 1 unspecified atom stereocenters. The van der Waals surface area contributed by atoms with Gasteiger partial charge in [0.2, 0.25) is 0 Å². The maximum Gasteiger partial charge on any atom is 0.523 e. The Bertz CT molecular complexity index is 1470. The van der Waals surface area contributed by atoms with E-state index >= 15 is 0 Å². The minimum atomic E-state index is -5.97. The Balaban J connectivity index is 3.49. The van der Waals surface area contributed by atoms with E-state index in [2.05, 4.69) is 20.8 Å². The zero-order valence-electron chi connectivity index (χ0n) is 27.4. The first-order valence-electron chi connectivity index (χ1n) is 14.0. The van der Waals surface area contributed by atoms with Crippen molar-refractivity contribution in [1.29, 1.82) is 0 Å². The molecule has 2 rings (SSSR count). The Morgan fingerprint density at radius 2 is 1.12 bits per heavy atom. The number of benzene rings is 1. The molecule has 0 bridgehead atoms. The molecule has 1 atom stereocenters. The SMILES string of the molecule is Cc1c(C)n(C(C)C)c(=P(=Nc2c(C(C)(C)C)cc(C(C)(C)C)cc2C(C)(C)C)OS(=O)(=O)C(F)(F)F)n1C(C)C. The molecule has 6 nitrogen and oxygen atoms in total. The summed E-state index contributed by atoms with van der Waals surface area (Å²) in [7, 11) is -8.68. The third-order valence-corrected chi connectivity index (χ3v) is 10.2. The summed E-state index contributed by atoms with van der Waals surface area (Å²) in [5, 5.41) is 0.312. The van der Waals surface area contributed by atoms with Gasteiger partial charge in [0.05, 0.1) is 5.69 Å². The van der Waals surface area contributed by atoms with Crippen LogP contribution in [0.25, 0.3) is 0 Å². The second-order valence-electron chi connectivity index (χ2n) is 14.4. The Morgan fingerprint density at radius 3 is 1.39 bits per heavy atom. The van der Waals surface area contributed by atoms with Crippen molar-refractivity contribution in [3.05, 3.63) is 45.4 Å². The third kappa shape index (κ3) is 7.42. The third-order valence-electron chi connectivity index (χ3n) is 7.12. The van der Waals surface area contributed by atoms with Crippen LogP contribution in [0.3, 0.4) is 0 Å². The maximum absolute atomic E-state index is 13.8. The van der Waals surface area contributed by atoms with Crippen molar-refractivity contribution in [3.8, 4) is 0 Å². The molecule has 1 heterocycles. The second kappa shape index (κ2) is 11.4. The molecule has 0 aliphatic carbocycles. The smallest absolute Gasteiger partial charge is 0.321 e. The van der Waals surface area contributed by atoms with Crippen molar-refractivity contribution in [2.45, 2.75) is 138 Å². The Kier molecular flexibility index (Phi) is 9.84. The quantitative estimate of drug-likeness (QED) is 0.247. The highest BCUT2D eigenvalue weighted by molar-refractivity contribution is 7.90. The van der Waals surface area contributed by atoms with Gasteiger partial charge in [-0.1, -0.05) is 74.4 Å². The summed E-state index contributed by atoms with van der Waals surface area (Å²) >= 11 is 0. The van der Waals surface area contributed by atoms with Crippen LogP contribution < -0.4 is 0 Å². The number of imidazole rings is 1. The van der Waals surface area contributed by atoms with E-state index in [1.54, 1.807) is 0 Å². The van der Waals surface area contributed by atoms with Gasteiger partial charge >= 0.3 is 15.6 Å². The molecule has 0 saturated carbocycles. The number of aromatic nitrogens is 2. The number of alkyl halides is 3. The number of halogens is 3. The van der Waals surface area contributed by atoms with Crippen LogP contribution in [0, 0.1) is 19.0 Å². The lowest BCUT2D eigenvalue weighted by atomic mass is 9.74. The first kappa shape index (κ1) is 35.4. The van der Waals surface area contributed by atoms with E-state index in [4.69, 9.17) is 8.71 Å². The van der Waals surface area contributed by atoms with Crippen LogP contribution in [0.2, 0.25) is 0 Å². The molecule has 0 spiro atoms. The lowest BCUT2D eigenvalue weighted by Gasteiger charge is -2.32. The van der Waals surface area contributed by atoms with E-state index in [9.17, 15) is 21.6 Å². The highest BCUT2D eigenvalue weighted by Gasteiger charge is 2.48. The van der Waals surface area contributed by atoms with E-state index < -0.39 is 34.0 Å². The van der Waals surface area contributed by atoms with Crippen molar-refractivity contribution in [2.75, 3.05) is 0 Å². The molecular formula is C30H49F3N3O3PS. The Labute approximate surface area is 245 Å². The lowest BCUT2D eigenvalue weighted by molar-refractivity contribution is -0.0495. The molecule has 2 aromatic rings. The van der Waals surface area contributed by atoms with Gasteiger partial charge in [-0.05, 0) is 74.5 Å². The average molecular weight is 620 g/mol. The molecule has 0 aliphatic rings. The fraction of sp³-hybridized carbons (Fsp3) is 0.700. The number of hydrogen-bond donors (Lipinski definition) is 0. The summed E-state index contributed by atoms with van der Waals surface area (Å²) in [4.78, 5) is 0. The fourth-order valence-electron chi connectivity index (χ4n) is 4.82. The van der Waals surface area contributed by atoms with Crippen LogP contribution in [-0.4, -0.2) is 23.1 Å². The van der Waals surface area contributed by atoms with E-state index in [0.29, 0.717) is 10.9 Å². The molecule has 0 aliphatic heterocycles.